The third-order valence-electron chi connectivity index (χ3n) is 2.67. The predicted molar refractivity (Wildman–Crippen MR) is 66.2 cm³/mol. The molecule has 0 amide bonds. The quantitative estimate of drug-likeness (QED) is 0.828. The number of benzene rings is 1. The van der Waals surface area contributed by atoms with Gasteiger partial charge in [-0.05, 0) is 12.1 Å². The Kier molecular flexibility index (Phi) is 4.39. The minimum absolute atomic E-state index is 0.0507. The van der Waals surface area contributed by atoms with Crippen molar-refractivity contribution in [2.45, 2.75) is 18.9 Å². The van der Waals surface area contributed by atoms with Gasteiger partial charge in [-0.1, -0.05) is 18.2 Å². The van der Waals surface area contributed by atoms with Crippen LogP contribution in [0.5, 0.6) is 0 Å². The van der Waals surface area contributed by atoms with Gasteiger partial charge in [0.2, 0.25) is 0 Å². The van der Waals surface area contributed by atoms with E-state index in [2.05, 4.69) is 10.4 Å². The number of nitrogens with zero attached hydrogens (tertiary/aromatic N) is 2. The Morgan fingerprint density at radius 3 is 2.55 bits per heavy atom. The highest BCUT2D eigenvalue weighted by Crippen LogP contribution is 2.21. The lowest BCUT2D eigenvalue weighted by molar-refractivity contribution is -0.125. The van der Waals surface area contributed by atoms with Crippen LogP contribution in [-0.4, -0.2) is 28.7 Å². The maximum Gasteiger partial charge on any atom is 0.319 e. The van der Waals surface area contributed by atoms with Crippen LogP contribution >= 0.6 is 0 Å². The monoisotopic (exact) mass is 287 g/mol. The second-order valence-electron chi connectivity index (χ2n) is 4.29. The summed E-state index contributed by atoms with van der Waals surface area (Å²) in [4.78, 5) is 0. The molecule has 0 spiro atoms. The van der Waals surface area contributed by atoms with E-state index < -0.39 is 18.9 Å². The fourth-order valence-corrected chi connectivity index (χ4v) is 1.62. The molecule has 0 saturated carbocycles. The van der Waals surface area contributed by atoms with Gasteiger partial charge in [0, 0.05) is 18.3 Å². The summed E-state index contributed by atoms with van der Waals surface area (Å²) in [6.07, 6.45) is -0.509. The van der Waals surface area contributed by atoms with Crippen molar-refractivity contribution < 1.29 is 17.6 Å². The van der Waals surface area contributed by atoms with Crippen molar-refractivity contribution in [1.29, 1.82) is 0 Å². The molecule has 0 fully saturated rings. The smallest absolute Gasteiger partial charge is 0.307 e. The summed E-state index contributed by atoms with van der Waals surface area (Å²) in [7, 11) is 0. The second-order valence-corrected chi connectivity index (χ2v) is 4.29. The van der Waals surface area contributed by atoms with E-state index in [-0.39, 0.29) is 6.54 Å². The van der Waals surface area contributed by atoms with Gasteiger partial charge in [-0.25, -0.2) is 13.5 Å². The molecule has 0 aliphatic rings. The SMILES string of the molecule is FC(F)C(F)(F)CNCc1cnn(-c2ccccc2)c1. The Labute approximate surface area is 113 Å². The molecule has 0 bridgehead atoms. The molecule has 0 aliphatic heterocycles. The summed E-state index contributed by atoms with van der Waals surface area (Å²) in [5.41, 5.74) is 1.47. The van der Waals surface area contributed by atoms with Gasteiger partial charge < -0.3 is 5.32 Å². The van der Waals surface area contributed by atoms with Crippen LogP contribution in [0.1, 0.15) is 5.56 Å². The van der Waals surface area contributed by atoms with Crippen LogP contribution in [-0.2, 0) is 6.54 Å². The summed E-state index contributed by atoms with van der Waals surface area (Å²) in [6, 6.07) is 9.24. The predicted octanol–water partition coefficient (Wildman–Crippen LogP) is 2.86. The largest absolute Gasteiger partial charge is 0.319 e. The van der Waals surface area contributed by atoms with Crippen molar-refractivity contribution in [3.05, 3.63) is 48.3 Å². The van der Waals surface area contributed by atoms with E-state index in [1.165, 1.54) is 6.20 Å². The molecule has 2 aromatic rings. The third-order valence-corrected chi connectivity index (χ3v) is 2.67. The Balaban J connectivity index is 1.91. The zero-order chi connectivity index (χ0) is 14.6. The van der Waals surface area contributed by atoms with E-state index in [1.54, 1.807) is 10.9 Å². The average Bonchev–Trinajstić information content (AvgIpc) is 2.88. The second kappa shape index (κ2) is 6.04. The normalized spacial score (nSPS) is 12.1. The van der Waals surface area contributed by atoms with Gasteiger partial charge in [0.15, 0.2) is 0 Å². The Hall–Kier alpha value is -1.89. The minimum atomic E-state index is -4.02. The Morgan fingerprint density at radius 2 is 1.90 bits per heavy atom. The number of nitrogens with one attached hydrogen (secondary N) is 1. The first-order valence-corrected chi connectivity index (χ1v) is 5.95. The van der Waals surface area contributed by atoms with Crippen LogP contribution in [0.25, 0.3) is 5.69 Å². The van der Waals surface area contributed by atoms with E-state index in [9.17, 15) is 17.6 Å². The number of rotatable bonds is 6. The van der Waals surface area contributed by atoms with E-state index in [0.717, 1.165) is 5.69 Å². The zero-order valence-electron chi connectivity index (χ0n) is 10.4. The summed E-state index contributed by atoms with van der Waals surface area (Å²) in [5, 5.41) is 6.38. The molecule has 108 valence electrons. The third kappa shape index (κ3) is 3.57. The fourth-order valence-electron chi connectivity index (χ4n) is 1.62. The number of para-hydroxylation sites is 1. The maximum absolute atomic E-state index is 12.7. The molecule has 0 aliphatic carbocycles. The molecule has 7 heteroatoms. The van der Waals surface area contributed by atoms with Crippen LogP contribution in [0.15, 0.2) is 42.7 Å². The minimum Gasteiger partial charge on any atom is -0.307 e. The summed E-state index contributed by atoms with van der Waals surface area (Å²) >= 11 is 0. The lowest BCUT2D eigenvalue weighted by Crippen LogP contribution is -2.38. The highest BCUT2D eigenvalue weighted by atomic mass is 19.3. The first-order chi connectivity index (χ1) is 9.49. The molecular weight excluding hydrogens is 274 g/mol. The van der Waals surface area contributed by atoms with Crippen molar-refractivity contribution in [2.24, 2.45) is 0 Å². The standard InChI is InChI=1S/C13H13F4N3/c14-12(15)13(16,17)9-18-6-10-7-19-20(8-10)11-4-2-1-3-5-11/h1-5,7-8,12,18H,6,9H2. The number of alkyl halides is 4. The molecule has 1 N–H and O–H groups in total. The van der Waals surface area contributed by atoms with E-state index >= 15 is 0 Å². The Bertz CT molecular complexity index is 540. The highest BCUT2D eigenvalue weighted by Gasteiger charge is 2.39. The lowest BCUT2D eigenvalue weighted by atomic mass is 10.3. The fraction of sp³-hybridized carbons (Fsp3) is 0.308. The number of hydrogen-bond donors (Lipinski definition) is 1. The lowest BCUT2D eigenvalue weighted by Gasteiger charge is -2.15. The van der Waals surface area contributed by atoms with Crippen molar-refractivity contribution >= 4 is 0 Å². The Morgan fingerprint density at radius 1 is 1.20 bits per heavy atom. The molecule has 1 aromatic heterocycles. The topological polar surface area (TPSA) is 29.9 Å². The van der Waals surface area contributed by atoms with Gasteiger partial charge in [-0.15, -0.1) is 0 Å². The van der Waals surface area contributed by atoms with E-state index in [4.69, 9.17) is 0 Å². The van der Waals surface area contributed by atoms with Crippen LogP contribution < -0.4 is 5.32 Å². The maximum atomic E-state index is 12.7. The van der Waals surface area contributed by atoms with Gasteiger partial charge in [0.1, 0.15) is 0 Å². The number of hydrogen-bond acceptors (Lipinski definition) is 2. The number of aromatic nitrogens is 2. The van der Waals surface area contributed by atoms with Crippen molar-refractivity contribution in [3.8, 4) is 5.69 Å². The van der Waals surface area contributed by atoms with Crippen LogP contribution in [0.2, 0.25) is 0 Å². The first-order valence-electron chi connectivity index (χ1n) is 5.95. The highest BCUT2D eigenvalue weighted by molar-refractivity contribution is 5.30. The zero-order valence-corrected chi connectivity index (χ0v) is 10.4. The molecule has 0 atom stereocenters. The summed E-state index contributed by atoms with van der Waals surface area (Å²) in [6.45, 7) is -1.02. The van der Waals surface area contributed by atoms with Gasteiger partial charge in [0.05, 0.1) is 18.4 Å². The van der Waals surface area contributed by atoms with Gasteiger partial charge in [-0.3, -0.25) is 0 Å². The summed E-state index contributed by atoms with van der Waals surface area (Å²) < 4.78 is 50.9. The molecule has 1 aromatic carbocycles. The van der Waals surface area contributed by atoms with Crippen molar-refractivity contribution in [3.63, 3.8) is 0 Å². The van der Waals surface area contributed by atoms with Gasteiger partial charge in [0.25, 0.3) is 0 Å². The molecule has 1 heterocycles. The molecule has 3 nitrogen and oxygen atoms in total. The summed E-state index contributed by atoms with van der Waals surface area (Å²) in [5.74, 6) is -4.02. The molecule has 0 saturated heterocycles. The average molecular weight is 287 g/mol. The molecule has 0 unspecified atom stereocenters. The van der Waals surface area contributed by atoms with Crippen LogP contribution in [0, 0.1) is 0 Å². The first kappa shape index (κ1) is 14.5. The molecule has 2 rings (SSSR count). The van der Waals surface area contributed by atoms with E-state index in [0.29, 0.717) is 5.56 Å². The van der Waals surface area contributed by atoms with Crippen LogP contribution in [0.3, 0.4) is 0 Å². The van der Waals surface area contributed by atoms with Crippen molar-refractivity contribution in [2.75, 3.05) is 6.54 Å². The van der Waals surface area contributed by atoms with Crippen molar-refractivity contribution in [1.82, 2.24) is 15.1 Å². The number of halogens is 4. The molecule has 0 radical (unpaired) electrons. The molecule has 20 heavy (non-hydrogen) atoms. The molecular formula is C13H13F4N3. The van der Waals surface area contributed by atoms with Gasteiger partial charge >= 0.3 is 12.3 Å². The van der Waals surface area contributed by atoms with Gasteiger partial charge in [-0.2, -0.15) is 13.9 Å². The van der Waals surface area contributed by atoms with E-state index in [1.807, 2.05) is 30.3 Å². The van der Waals surface area contributed by atoms with Crippen LogP contribution in [0.4, 0.5) is 17.6 Å².